The highest BCUT2D eigenvalue weighted by molar-refractivity contribution is 14.0. The van der Waals surface area contributed by atoms with E-state index >= 15 is 0 Å². The van der Waals surface area contributed by atoms with Crippen LogP contribution >= 0.6 is 24.0 Å². The summed E-state index contributed by atoms with van der Waals surface area (Å²) in [7, 11) is 0. The molecule has 0 saturated carbocycles. The van der Waals surface area contributed by atoms with Gasteiger partial charge in [-0.05, 0) is 32.4 Å². The van der Waals surface area contributed by atoms with E-state index in [0.29, 0.717) is 0 Å². The molecule has 0 atom stereocenters. The van der Waals surface area contributed by atoms with Crippen LogP contribution in [-0.2, 0) is 17.7 Å². The maximum atomic E-state index is 5.43. The number of piperazine rings is 1. The maximum absolute atomic E-state index is 5.43. The van der Waals surface area contributed by atoms with Crippen LogP contribution in [0.15, 0.2) is 38.4 Å². The summed E-state index contributed by atoms with van der Waals surface area (Å²) in [5.74, 6) is 2.83. The Morgan fingerprint density at radius 1 is 1.30 bits per heavy atom. The van der Waals surface area contributed by atoms with Gasteiger partial charge in [0, 0.05) is 71.5 Å². The van der Waals surface area contributed by atoms with Gasteiger partial charge in [0.05, 0.1) is 12.0 Å². The first-order chi connectivity index (χ1) is 14.2. The van der Waals surface area contributed by atoms with Gasteiger partial charge in [0.2, 0.25) is 0 Å². The lowest BCUT2D eigenvalue weighted by Gasteiger charge is -2.36. The molecule has 8 nitrogen and oxygen atoms in total. The van der Waals surface area contributed by atoms with Crippen molar-refractivity contribution >= 4 is 29.9 Å². The number of aliphatic imine (C=N–C) groups is 1. The number of ether oxygens (including phenoxy) is 1. The zero-order chi connectivity index (χ0) is 20.3. The van der Waals surface area contributed by atoms with Gasteiger partial charge in [-0.2, -0.15) is 0 Å². The second-order valence-corrected chi connectivity index (χ2v) is 7.20. The minimum absolute atomic E-state index is 0. The molecule has 0 unspecified atom stereocenters. The van der Waals surface area contributed by atoms with E-state index in [9.17, 15) is 0 Å². The van der Waals surface area contributed by atoms with Gasteiger partial charge in [-0.15, -0.1) is 24.0 Å². The summed E-state index contributed by atoms with van der Waals surface area (Å²) in [6, 6.07) is 5.94. The van der Waals surface area contributed by atoms with Crippen molar-refractivity contribution in [2.24, 2.45) is 4.99 Å². The molecule has 0 amide bonds. The average molecular weight is 531 g/mol. The van der Waals surface area contributed by atoms with Gasteiger partial charge in [0.15, 0.2) is 5.96 Å². The van der Waals surface area contributed by atoms with Gasteiger partial charge >= 0.3 is 0 Å². The Morgan fingerprint density at radius 2 is 2.13 bits per heavy atom. The number of halogens is 1. The number of furan rings is 1. The Balaban J connectivity index is 0.00000320. The molecule has 0 radical (unpaired) electrons. The van der Waals surface area contributed by atoms with Gasteiger partial charge in [-0.3, -0.25) is 9.89 Å². The fraction of sp³-hybridized carbons (Fsp3) is 0.619. The van der Waals surface area contributed by atoms with Gasteiger partial charge in [-0.1, -0.05) is 5.16 Å². The fourth-order valence-electron chi connectivity index (χ4n) is 3.36. The zero-order valence-electron chi connectivity index (χ0n) is 18.0. The SMILES string of the molecule is CCOCCCN=C(NCCc1ccco1)N1CCN(Cc2cc(C)on2)CC1.I. The van der Waals surface area contributed by atoms with Crippen molar-refractivity contribution < 1.29 is 13.7 Å². The van der Waals surface area contributed by atoms with E-state index in [1.165, 1.54) is 0 Å². The molecular formula is C21H34IN5O3. The van der Waals surface area contributed by atoms with Crippen LogP contribution in [0.25, 0.3) is 0 Å². The largest absolute Gasteiger partial charge is 0.469 e. The Labute approximate surface area is 196 Å². The standard InChI is InChI=1S/C21H33N5O3.HI/c1-3-27-14-5-8-22-21(23-9-7-20-6-4-15-28-20)26-12-10-25(11-13-26)17-19-16-18(2)29-24-19;/h4,6,15-16H,3,5,7-14,17H2,1-2H3,(H,22,23);1H. The minimum atomic E-state index is 0. The topological polar surface area (TPSA) is 79.3 Å². The Kier molecular flexibility index (Phi) is 11.2. The van der Waals surface area contributed by atoms with Crippen molar-refractivity contribution in [1.29, 1.82) is 0 Å². The van der Waals surface area contributed by atoms with E-state index in [0.717, 1.165) is 95.0 Å². The molecule has 2 aromatic heterocycles. The molecule has 1 fully saturated rings. The van der Waals surface area contributed by atoms with Gasteiger partial charge < -0.3 is 23.9 Å². The number of rotatable bonds is 10. The third-order valence-electron chi connectivity index (χ3n) is 4.88. The maximum Gasteiger partial charge on any atom is 0.194 e. The molecular weight excluding hydrogens is 497 g/mol. The number of aryl methyl sites for hydroxylation is 1. The highest BCUT2D eigenvalue weighted by Crippen LogP contribution is 2.09. The second-order valence-electron chi connectivity index (χ2n) is 7.20. The molecule has 30 heavy (non-hydrogen) atoms. The molecule has 3 rings (SSSR count). The van der Waals surface area contributed by atoms with Crippen molar-refractivity contribution in [3.05, 3.63) is 41.7 Å². The molecule has 1 aliphatic rings. The second kappa shape index (κ2) is 13.7. The van der Waals surface area contributed by atoms with Crippen molar-refractivity contribution in [2.45, 2.75) is 33.2 Å². The lowest BCUT2D eigenvalue weighted by molar-refractivity contribution is 0.146. The number of aromatic nitrogens is 1. The van der Waals surface area contributed by atoms with Crippen molar-refractivity contribution in [3.63, 3.8) is 0 Å². The molecule has 0 spiro atoms. The Morgan fingerprint density at radius 3 is 2.80 bits per heavy atom. The smallest absolute Gasteiger partial charge is 0.194 e. The predicted octanol–water partition coefficient (Wildman–Crippen LogP) is 2.93. The van der Waals surface area contributed by atoms with Gasteiger partial charge in [0.1, 0.15) is 11.5 Å². The van der Waals surface area contributed by atoms with Crippen LogP contribution in [0.4, 0.5) is 0 Å². The van der Waals surface area contributed by atoms with Crippen LogP contribution in [-0.4, -0.2) is 73.4 Å². The molecule has 1 saturated heterocycles. The quantitative estimate of drug-likeness (QED) is 0.219. The third-order valence-corrected chi connectivity index (χ3v) is 4.88. The summed E-state index contributed by atoms with van der Waals surface area (Å²) >= 11 is 0. The third kappa shape index (κ3) is 8.27. The molecule has 1 aliphatic heterocycles. The van der Waals surface area contributed by atoms with Crippen LogP contribution in [0.1, 0.15) is 30.6 Å². The van der Waals surface area contributed by atoms with Crippen LogP contribution in [0.3, 0.4) is 0 Å². The number of hydrogen-bond acceptors (Lipinski definition) is 6. The van der Waals surface area contributed by atoms with E-state index < -0.39 is 0 Å². The molecule has 0 bridgehead atoms. The summed E-state index contributed by atoms with van der Waals surface area (Å²) in [4.78, 5) is 9.57. The van der Waals surface area contributed by atoms with E-state index in [-0.39, 0.29) is 24.0 Å². The van der Waals surface area contributed by atoms with Crippen molar-refractivity contribution in [1.82, 2.24) is 20.3 Å². The highest BCUT2D eigenvalue weighted by Gasteiger charge is 2.20. The van der Waals surface area contributed by atoms with E-state index in [1.54, 1.807) is 6.26 Å². The predicted molar refractivity (Wildman–Crippen MR) is 127 cm³/mol. The summed E-state index contributed by atoms with van der Waals surface area (Å²) in [5, 5.41) is 7.62. The Hall–Kier alpha value is -1.59. The normalized spacial score (nSPS) is 15.3. The Bertz CT molecular complexity index is 727. The highest BCUT2D eigenvalue weighted by atomic mass is 127. The van der Waals surface area contributed by atoms with E-state index in [2.05, 4.69) is 20.3 Å². The van der Waals surface area contributed by atoms with Gasteiger partial charge in [-0.25, -0.2) is 0 Å². The number of nitrogens with zero attached hydrogens (tertiary/aromatic N) is 4. The molecule has 2 aromatic rings. The van der Waals surface area contributed by atoms with E-state index in [1.807, 2.05) is 32.0 Å². The van der Waals surface area contributed by atoms with Crippen LogP contribution in [0, 0.1) is 6.92 Å². The molecule has 168 valence electrons. The summed E-state index contributed by atoms with van der Waals surface area (Å²) in [5.41, 5.74) is 0.998. The van der Waals surface area contributed by atoms with Crippen LogP contribution in [0.5, 0.6) is 0 Å². The number of guanidine groups is 1. The fourth-order valence-corrected chi connectivity index (χ4v) is 3.36. The minimum Gasteiger partial charge on any atom is -0.469 e. The summed E-state index contributed by atoms with van der Waals surface area (Å²) in [6.07, 6.45) is 3.49. The van der Waals surface area contributed by atoms with Crippen LogP contribution in [0.2, 0.25) is 0 Å². The average Bonchev–Trinajstić information content (AvgIpc) is 3.39. The monoisotopic (exact) mass is 531 g/mol. The number of hydrogen-bond donors (Lipinski definition) is 1. The lowest BCUT2D eigenvalue weighted by Crippen LogP contribution is -2.52. The summed E-state index contributed by atoms with van der Waals surface area (Å²) in [6.45, 7) is 11.7. The molecule has 9 heteroatoms. The molecule has 0 aliphatic carbocycles. The van der Waals surface area contributed by atoms with Crippen molar-refractivity contribution in [3.8, 4) is 0 Å². The number of nitrogens with one attached hydrogen (secondary N) is 1. The lowest BCUT2D eigenvalue weighted by atomic mass is 10.3. The molecule has 1 N–H and O–H groups in total. The first-order valence-electron chi connectivity index (χ1n) is 10.5. The first-order valence-corrected chi connectivity index (χ1v) is 10.5. The summed E-state index contributed by atoms with van der Waals surface area (Å²) < 4.78 is 16.0. The molecule has 3 heterocycles. The van der Waals surface area contributed by atoms with Crippen molar-refractivity contribution in [2.75, 3.05) is 52.5 Å². The molecule has 0 aromatic carbocycles. The van der Waals surface area contributed by atoms with E-state index in [4.69, 9.17) is 18.7 Å². The van der Waals surface area contributed by atoms with Crippen LogP contribution < -0.4 is 5.32 Å². The van der Waals surface area contributed by atoms with Gasteiger partial charge in [0.25, 0.3) is 0 Å². The first kappa shape index (κ1) is 24.7. The zero-order valence-corrected chi connectivity index (χ0v) is 20.3.